The third-order valence-electron chi connectivity index (χ3n) is 5.11. The van der Waals surface area contributed by atoms with Gasteiger partial charge in [0.25, 0.3) is 0 Å². The summed E-state index contributed by atoms with van der Waals surface area (Å²) in [6.07, 6.45) is 0.944. The summed E-state index contributed by atoms with van der Waals surface area (Å²) >= 11 is 0. The van der Waals surface area contributed by atoms with E-state index in [1.54, 1.807) is 0 Å². The monoisotopic (exact) mass is 341 g/mol. The zero-order valence-electron chi connectivity index (χ0n) is 14.5. The molecule has 1 amide bonds. The maximum atomic E-state index is 12.2. The third-order valence-corrected chi connectivity index (χ3v) is 5.11. The number of hydrogen-bond acceptors (Lipinski definition) is 6. The molecule has 25 heavy (non-hydrogen) atoms. The molecule has 0 spiro atoms. The quantitative estimate of drug-likeness (QED) is 0.829. The van der Waals surface area contributed by atoms with Crippen molar-refractivity contribution in [2.75, 3.05) is 39.8 Å². The highest BCUT2D eigenvalue weighted by Crippen LogP contribution is 2.19. The number of benzene rings is 1. The smallest absolute Gasteiger partial charge is 0.241 e. The zero-order valence-corrected chi connectivity index (χ0v) is 14.5. The van der Waals surface area contributed by atoms with E-state index in [0.29, 0.717) is 18.3 Å². The van der Waals surface area contributed by atoms with Gasteiger partial charge < -0.3 is 9.42 Å². The molecular weight excluding hydrogens is 318 g/mol. The van der Waals surface area contributed by atoms with Crippen LogP contribution in [0.1, 0.15) is 12.3 Å². The molecule has 3 heterocycles. The van der Waals surface area contributed by atoms with Crippen LogP contribution in [0, 0.1) is 0 Å². The fraction of sp³-hybridized carbons (Fsp3) is 0.500. The molecule has 7 nitrogen and oxygen atoms in total. The summed E-state index contributed by atoms with van der Waals surface area (Å²) in [4.78, 5) is 23.1. The van der Waals surface area contributed by atoms with E-state index in [9.17, 15) is 4.79 Å². The van der Waals surface area contributed by atoms with E-state index < -0.39 is 0 Å². The minimum Gasteiger partial charge on any atom is -0.344 e. The number of rotatable bonds is 4. The van der Waals surface area contributed by atoms with E-state index in [2.05, 4.69) is 19.9 Å². The molecule has 0 N–H and O–H groups in total. The summed E-state index contributed by atoms with van der Waals surface area (Å²) < 4.78 is 5.40. The average molecular weight is 341 g/mol. The number of aromatic nitrogens is 2. The Morgan fingerprint density at radius 3 is 2.56 bits per heavy atom. The molecule has 2 saturated heterocycles. The maximum Gasteiger partial charge on any atom is 0.241 e. The number of piperazine rings is 1. The summed E-state index contributed by atoms with van der Waals surface area (Å²) in [6.45, 7) is 5.17. The van der Waals surface area contributed by atoms with Gasteiger partial charge >= 0.3 is 0 Å². The standard InChI is InChI=1S/C18H23N5O2/c1-21-8-7-15(18(21)24)23-11-9-22(10-12-23)13-16-19-17(20-25-16)14-5-3-2-4-6-14/h2-6,15H,7-13H2,1H3. The molecule has 2 aromatic rings. The molecule has 4 rings (SSSR count). The lowest BCUT2D eigenvalue weighted by molar-refractivity contribution is -0.131. The Labute approximate surface area is 147 Å². The molecule has 2 aliphatic rings. The molecule has 1 aromatic carbocycles. The van der Waals surface area contributed by atoms with Gasteiger partial charge in [-0.25, -0.2) is 0 Å². The Morgan fingerprint density at radius 2 is 1.88 bits per heavy atom. The minimum atomic E-state index is 0.0697. The van der Waals surface area contributed by atoms with Crippen LogP contribution < -0.4 is 0 Å². The van der Waals surface area contributed by atoms with Crippen LogP contribution in [0.4, 0.5) is 0 Å². The van der Waals surface area contributed by atoms with Gasteiger partial charge in [0.2, 0.25) is 17.6 Å². The molecule has 132 valence electrons. The SMILES string of the molecule is CN1CCC(N2CCN(Cc3nc(-c4ccccc4)no3)CC2)C1=O. The van der Waals surface area contributed by atoms with E-state index in [1.807, 2.05) is 42.3 Å². The molecule has 2 fully saturated rings. The number of likely N-dealkylation sites (tertiary alicyclic amines) is 1. The van der Waals surface area contributed by atoms with Crippen molar-refractivity contribution in [3.63, 3.8) is 0 Å². The first-order chi connectivity index (χ1) is 12.2. The highest BCUT2D eigenvalue weighted by molar-refractivity contribution is 5.83. The average Bonchev–Trinajstić information content (AvgIpc) is 3.24. The first kappa shape index (κ1) is 16.2. The topological polar surface area (TPSA) is 65.7 Å². The molecule has 0 saturated carbocycles. The zero-order chi connectivity index (χ0) is 17.2. The first-order valence-electron chi connectivity index (χ1n) is 8.80. The van der Waals surface area contributed by atoms with Gasteiger partial charge in [-0.2, -0.15) is 4.98 Å². The van der Waals surface area contributed by atoms with Gasteiger partial charge in [0, 0.05) is 45.3 Å². The van der Waals surface area contributed by atoms with E-state index in [1.165, 1.54) is 0 Å². The molecule has 0 aliphatic carbocycles. The van der Waals surface area contributed by atoms with E-state index in [4.69, 9.17) is 4.52 Å². The largest absolute Gasteiger partial charge is 0.344 e. The lowest BCUT2D eigenvalue weighted by atomic mass is 10.2. The molecule has 2 aliphatic heterocycles. The Morgan fingerprint density at radius 1 is 1.12 bits per heavy atom. The van der Waals surface area contributed by atoms with Gasteiger partial charge in [-0.15, -0.1) is 0 Å². The Balaban J connectivity index is 1.32. The number of likely N-dealkylation sites (N-methyl/N-ethyl adjacent to an activating group) is 1. The van der Waals surface area contributed by atoms with E-state index >= 15 is 0 Å². The normalized spacial score (nSPS) is 22.7. The third kappa shape index (κ3) is 3.43. The molecular formula is C18H23N5O2. The number of carbonyl (C=O) groups is 1. The van der Waals surface area contributed by atoms with E-state index in [-0.39, 0.29) is 11.9 Å². The van der Waals surface area contributed by atoms with Crippen molar-refractivity contribution >= 4 is 5.91 Å². The van der Waals surface area contributed by atoms with Crippen LogP contribution in [0.15, 0.2) is 34.9 Å². The van der Waals surface area contributed by atoms with Crippen LogP contribution >= 0.6 is 0 Å². The van der Waals surface area contributed by atoms with Crippen LogP contribution in [-0.4, -0.2) is 76.6 Å². The highest BCUT2D eigenvalue weighted by Gasteiger charge is 2.35. The summed E-state index contributed by atoms with van der Waals surface area (Å²) in [5.74, 6) is 1.54. The maximum absolute atomic E-state index is 12.2. The summed E-state index contributed by atoms with van der Waals surface area (Å²) in [5.41, 5.74) is 0.964. The first-order valence-corrected chi connectivity index (χ1v) is 8.80. The second-order valence-electron chi connectivity index (χ2n) is 6.75. The van der Waals surface area contributed by atoms with Gasteiger partial charge in [-0.05, 0) is 6.42 Å². The molecule has 7 heteroatoms. The number of hydrogen-bond donors (Lipinski definition) is 0. The molecule has 1 atom stereocenters. The van der Waals surface area contributed by atoms with Gasteiger partial charge in [-0.3, -0.25) is 14.6 Å². The predicted molar refractivity (Wildman–Crippen MR) is 92.6 cm³/mol. The number of nitrogens with zero attached hydrogens (tertiary/aromatic N) is 5. The Bertz CT molecular complexity index is 724. The molecule has 1 aromatic heterocycles. The lowest BCUT2D eigenvalue weighted by Gasteiger charge is -2.36. The number of carbonyl (C=O) groups excluding carboxylic acids is 1. The van der Waals surface area contributed by atoms with Crippen LogP contribution in [0.3, 0.4) is 0 Å². The van der Waals surface area contributed by atoms with Crippen molar-refractivity contribution in [3.05, 3.63) is 36.2 Å². The Kier molecular flexibility index (Phi) is 4.50. The van der Waals surface area contributed by atoms with Crippen LogP contribution in [0.25, 0.3) is 11.4 Å². The summed E-state index contributed by atoms with van der Waals surface area (Å²) in [5, 5.41) is 4.07. The second-order valence-corrected chi connectivity index (χ2v) is 6.75. The molecule has 0 radical (unpaired) electrons. The highest BCUT2D eigenvalue weighted by atomic mass is 16.5. The van der Waals surface area contributed by atoms with Crippen molar-refractivity contribution in [2.45, 2.75) is 19.0 Å². The van der Waals surface area contributed by atoms with Gasteiger partial charge in [0.15, 0.2) is 0 Å². The van der Waals surface area contributed by atoms with Crippen molar-refractivity contribution in [1.29, 1.82) is 0 Å². The van der Waals surface area contributed by atoms with Crippen LogP contribution in [0.5, 0.6) is 0 Å². The van der Waals surface area contributed by atoms with Gasteiger partial charge in [0.05, 0.1) is 12.6 Å². The molecule has 0 bridgehead atoms. The predicted octanol–water partition coefficient (Wildman–Crippen LogP) is 1.08. The minimum absolute atomic E-state index is 0.0697. The van der Waals surface area contributed by atoms with Crippen molar-refractivity contribution < 1.29 is 9.32 Å². The van der Waals surface area contributed by atoms with Crippen molar-refractivity contribution in [2.24, 2.45) is 0 Å². The Hall–Kier alpha value is -2.25. The van der Waals surface area contributed by atoms with E-state index in [0.717, 1.165) is 44.7 Å². The fourth-order valence-corrected chi connectivity index (χ4v) is 3.59. The number of amides is 1. The van der Waals surface area contributed by atoms with Crippen molar-refractivity contribution in [3.8, 4) is 11.4 Å². The van der Waals surface area contributed by atoms with Crippen molar-refractivity contribution in [1.82, 2.24) is 24.8 Å². The fourth-order valence-electron chi connectivity index (χ4n) is 3.59. The van der Waals surface area contributed by atoms with Crippen LogP contribution in [-0.2, 0) is 11.3 Å². The van der Waals surface area contributed by atoms with Gasteiger partial charge in [-0.1, -0.05) is 35.5 Å². The summed E-state index contributed by atoms with van der Waals surface area (Å²) in [6, 6.07) is 9.92. The summed E-state index contributed by atoms with van der Waals surface area (Å²) in [7, 11) is 1.89. The van der Waals surface area contributed by atoms with Crippen LogP contribution in [0.2, 0.25) is 0 Å². The lowest BCUT2D eigenvalue weighted by Crippen LogP contribution is -2.52. The molecule has 1 unspecified atom stereocenters. The van der Waals surface area contributed by atoms with Gasteiger partial charge in [0.1, 0.15) is 0 Å². The second kappa shape index (κ2) is 6.93.